The van der Waals surface area contributed by atoms with Crippen molar-refractivity contribution in [2.45, 2.75) is 167 Å². The predicted molar refractivity (Wildman–Crippen MR) is 290 cm³/mol. The number of nitrogen functional groups attached to an aromatic ring is 1. The van der Waals surface area contributed by atoms with Gasteiger partial charge in [0.2, 0.25) is 5.95 Å². The average molecular weight is 1010 g/mol. The molecule has 0 amide bonds. The van der Waals surface area contributed by atoms with Crippen LogP contribution in [0.4, 0.5) is 11.8 Å². The molecule has 18 heteroatoms. The molecule has 0 saturated carbocycles. The highest BCUT2D eigenvalue weighted by Gasteiger charge is 2.55. The van der Waals surface area contributed by atoms with E-state index in [0.717, 1.165) is 34.4 Å². The third-order valence-electron chi connectivity index (χ3n) is 14.8. The standard InChI is InChI=1S/C52H79N9O6Si3/c1-50(2,3)68(10,11)64-34-42-44(66-69(12,13)51(4,5)6)45(67-70(14,15)52(7,8)9)48(65-42)61-47-43(46(53)56-35-57-47)59-49(61)55-32-37-26-27-40(41(30-37)62-29-20-19-28-58-60-54)38-24-21-25-39(31-38)63-33-36-22-17-16-18-23-36/h16-18,21-27,30-31,35,42,44-45,48H,19-20,28-29,32-34H2,1-15H3,(H,55,59)(H2,53,56,57)/t42-,44-,45-,48-/m1/s1. The number of anilines is 2. The van der Waals surface area contributed by atoms with Crippen molar-refractivity contribution in [1.82, 2.24) is 19.5 Å². The summed E-state index contributed by atoms with van der Waals surface area (Å²) >= 11 is 0. The normalized spacial score (nSPS) is 18.2. The van der Waals surface area contributed by atoms with E-state index in [1.54, 1.807) is 0 Å². The van der Waals surface area contributed by atoms with E-state index in [0.29, 0.717) is 62.2 Å². The lowest BCUT2D eigenvalue weighted by Crippen LogP contribution is -2.54. The summed E-state index contributed by atoms with van der Waals surface area (Å²) in [6.07, 6.45) is 0.694. The Balaban J connectivity index is 1.40. The van der Waals surface area contributed by atoms with Gasteiger partial charge >= 0.3 is 0 Å². The number of hydrogen-bond acceptors (Lipinski definition) is 12. The zero-order chi connectivity index (χ0) is 51.3. The summed E-state index contributed by atoms with van der Waals surface area (Å²) in [5, 5.41) is 7.14. The molecular formula is C52H79N9O6Si3. The van der Waals surface area contributed by atoms with Gasteiger partial charge in [0.15, 0.2) is 48.2 Å². The topological polar surface area (TPSA) is 186 Å². The van der Waals surface area contributed by atoms with Crippen molar-refractivity contribution in [3.63, 3.8) is 0 Å². The van der Waals surface area contributed by atoms with E-state index in [9.17, 15) is 0 Å². The number of aromatic nitrogens is 4. The van der Waals surface area contributed by atoms with Crippen LogP contribution in [-0.4, -0.2) is 82.5 Å². The maximum atomic E-state index is 8.81. The maximum absolute atomic E-state index is 8.81. The molecule has 15 nitrogen and oxygen atoms in total. The van der Waals surface area contributed by atoms with Crippen LogP contribution in [0.25, 0.3) is 32.7 Å². The van der Waals surface area contributed by atoms with Crippen LogP contribution in [-0.2, 0) is 31.2 Å². The summed E-state index contributed by atoms with van der Waals surface area (Å²) in [5.41, 5.74) is 20.3. The average Bonchev–Trinajstić information content (AvgIpc) is 3.81. The van der Waals surface area contributed by atoms with Crippen molar-refractivity contribution in [3.8, 4) is 22.6 Å². The van der Waals surface area contributed by atoms with E-state index in [2.05, 4.69) is 146 Å². The lowest BCUT2D eigenvalue weighted by Gasteiger charge is -2.44. The number of imidazole rings is 1. The summed E-state index contributed by atoms with van der Waals surface area (Å²) in [6.45, 7) is 36.0. The van der Waals surface area contributed by atoms with Gasteiger partial charge in [-0.2, -0.15) is 0 Å². The first kappa shape index (κ1) is 54.5. The van der Waals surface area contributed by atoms with Crippen molar-refractivity contribution in [3.05, 3.63) is 101 Å². The molecular weight excluding hydrogens is 931 g/mol. The van der Waals surface area contributed by atoms with Gasteiger partial charge in [0.1, 0.15) is 42.7 Å². The number of ether oxygens (including phenoxy) is 3. The van der Waals surface area contributed by atoms with Gasteiger partial charge in [0.05, 0.1) is 13.2 Å². The van der Waals surface area contributed by atoms with Gasteiger partial charge in [-0.15, -0.1) is 0 Å². The number of nitrogens with zero attached hydrogens (tertiary/aromatic N) is 7. The van der Waals surface area contributed by atoms with Gasteiger partial charge in [-0.25, -0.2) is 15.0 Å². The lowest BCUT2D eigenvalue weighted by molar-refractivity contribution is -0.0461. The van der Waals surface area contributed by atoms with Gasteiger partial charge < -0.3 is 38.5 Å². The zero-order valence-corrected chi connectivity index (χ0v) is 47.4. The number of azide groups is 1. The summed E-state index contributed by atoms with van der Waals surface area (Å²) in [5.74, 6) is 2.23. The number of fused-ring (bicyclic) bond motifs is 1. The Morgan fingerprint density at radius 2 is 1.44 bits per heavy atom. The van der Waals surface area contributed by atoms with E-state index in [4.69, 9.17) is 48.7 Å². The second kappa shape index (κ2) is 21.9. The van der Waals surface area contributed by atoms with Crippen LogP contribution in [0.1, 0.15) is 92.5 Å². The minimum Gasteiger partial charge on any atom is -0.493 e. The first-order valence-electron chi connectivity index (χ1n) is 24.6. The number of benzene rings is 3. The molecule has 5 aromatic rings. The molecule has 2 aromatic heterocycles. The summed E-state index contributed by atoms with van der Waals surface area (Å²) in [4.78, 5) is 17.2. The molecule has 0 radical (unpaired) electrons. The van der Waals surface area contributed by atoms with Gasteiger partial charge in [-0.3, -0.25) is 4.57 Å². The van der Waals surface area contributed by atoms with Crippen molar-refractivity contribution >= 4 is 47.9 Å². The van der Waals surface area contributed by atoms with Crippen molar-refractivity contribution < 1.29 is 27.5 Å². The Morgan fingerprint density at radius 1 is 0.771 bits per heavy atom. The Hall–Kier alpha value is -4.79. The van der Waals surface area contributed by atoms with Crippen LogP contribution in [0.5, 0.6) is 11.5 Å². The summed E-state index contributed by atoms with van der Waals surface area (Å²) < 4.78 is 44.1. The molecule has 1 saturated heterocycles. The van der Waals surface area contributed by atoms with Gasteiger partial charge in [0.25, 0.3) is 0 Å². The van der Waals surface area contributed by atoms with Crippen molar-refractivity contribution in [2.75, 3.05) is 30.8 Å². The fourth-order valence-corrected chi connectivity index (χ4v) is 11.0. The fourth-order valence-electron chi connectivity index (χ4n) is 7.37. The van der Waals surface area contributed by atoms with Crippen LogP contribution in [0.2, 0.25) is 54.4 Å². The molecule has 380 valence electrons. The van der Waals surface area contributed by atoms with E-state index in [1.807, 2.05) is 53.1 Å². The molecule has 3 aromatic carbocycles. The molecule has 70 heavy (non-hydrogen) atoms. The Bertz CT molecular complexity index is 2580. The highest BCUT2D eigenvalue weighted by Crippen LogP contribution is 2.48. The monoisotopic (exact) mass is 1010 g/mol. The van der Waals surface area contributed by atoms with E-state index in [-0.39, 0.29) is 20.9 Å². The Morgan fingerprint density at radius 3 is 2.10 bits per heavy atom. The van der Waals surface area contributed by atoms with Crippen LogP contribution >= 0.6 is 0 Å². The zero-order valence-electron chi connectivity index (χ0n) is 44.4. The van der Waals surface area contributed by atoms with Crippen molar-refractivity contribution in [2.24, 2.45) is 5.11 Å². The van der Waals surface area contributed by atoms with E-state index < -0.39 is 49.5 Å². The second-order valence-electron chi connectivity index (χ2n) is 23.1. The van der Waals surface area contributed by atoms with Crippen LogP contribution in [0.15, 0.2) is 84.2 Å². The molecule has 0 unspecified atom stereocenters. The number of nitrogens with one attached hydrogen (secondary N) is 1. The molecule has 0 spiro atoms. The first-order chi connectivity index (χ1) is 32.7. The highest BCUT2D eigenvalue weighted by atomic mass is 28.4. The molecule has 1 fully saturated rings. The fraction of sp³-hybridized carbons (Fsp3) is 0.558. The largest absolute Gasteiger partial charge is 0.493 e. The number of rotatable bonds is 21. The van der Waals surface area contributed by atoms with Crippen molar-refractivity contribution in [1.29, 1.82) is 0 Å². The van der Waals surface area contributed by atoms with Crippen LogP contribution < -0.4 is 20.5 Å². The van der Waals surface area contributed by atoms with Gasteiger partial charge in [-0.1, -0.05) is 122 Å². The quantitative estimate of drug-likeness (QED) is 0.0234. The third kappa shape index (κ3) is 13.0. The summed E-state index contributed by atoms with van der Waals surface area (Å²) in [7, 11) is -7.13. The molecule has 1 aliphatic rings. The Labute approximate surface area is 419 Å². The van der Waals surface area contributed by atoms with Crippen LogP contribution in [0.3, 0.4) is 0 Å². The molecule has 1 aliphatic heterocycles. The second-order valence-corrected chi connectivity index (χ2v) is 37.4. The van der Waals surface area contributed by atoms with Gasteiger partial charge in [-0.05, 0) is 108 Å². The molecule has 3 N–H and O–H groups in total. The lowest BCUT2D eigenvalue weighted by atomic mass is 10.0. The van der Waals surface area contributed by atoms with E-state index in [1.165, 1.54) is 6.33 Å². The van der Waals surface area contributed by atoms with Crippen LogP contribution in [0, 0.1) is 0 Å². The Kier molecular flexibility index (Phi) is 17.1. The molecule has 4 atom stereocenters. The smallest absolute Gasteiger partial charge is 0.207 e. The molecule has 3 heterocycles. The summed E-state index contributed by atoms with van der Waals surface area (Å²) in [6, 6.07) is 24.4. The molecule has 0 bridgehead atoms. The molecule has 6 rings (SSSR count). The van der Waals surface area contributed by atoms with Gasteiger partial charge in [0, 0.05) is 23.6 Å². The number of unbranched alkanes of at least 4 members (excludes halogenated alkanes) is 1. The minimum absolute atomic E-state index is 0.0128. The number of hydrogen-bond donors (Lipinski definition) is 2. The number of nitrogens with two attached hydrogens (primary N) is 1. The minimum atomic E-state index is -2.49. The molecule has 0 aliphatic carbocycles. The maximum Gasteiger partial charge on any atom is 0.207 e. The van der Waals surface area contributed by atoms with E-state index >= 15 is 0 Å². The highest BCUT2D eigenvalue weighted by molar-refractivity contribution is 6.75. The first-order valence-corrected chi connectivity index (χ1v) is 33.4. The SMILES string of the molecule is CC(C)(C)[Si](C)(C)OC[C@H]1O[C@@H](n2c(NCc3ccc(-c4cccc(OCc5ccccc5)c4)c(OCCCCN=[N+]=[N-])c3)nc3c(N)ncnc32)[C@H](O[Si](C)(C)C(C)(C)C)[C@@H]1O[Si](C)(C)C(C)(C)C. The third-order valence-corrected chi connectivity index (χ3v) is 28.2. The predicted octanol–water partition coefficient (Wildman–Crippen LogP) is 13.4.